The molecular formula is C38H54O23. The highest BCUT2D eigenvalue weighted by Crippen LogP contribution is 2.48. The maximum atomic E-state index is 12.5. The van der Waals surface area contributed by atoms with Crippen LogP contribution in [0.4, 0.5) is 0 Å². The van der Waals surface area contributed by atoms with Gasteiger partial charge in [0.15, 0.2) is 29.3 Å². The van der Waals surface area contributed by atoms with E-state index in [-0.39, 0.29) is 35.0 Å². The molecule has 0 saturated carbocycles. The molecule has 0 aromatic heterocycles. The maximum Gasteiger partial charge on any atom is 0.229 e. The largest absolute Gasteiger partial charge is 0.504 e. The van der Waals surface area contributed by atoms with E-state index in [4.69, 9.17) is 42.6 Å². The fraction of sp³-hybridized carbons (Fsp3) is 0.684. The number of ether oxygens (including phenoxy) is 9. The van der Waals surface area contributed by atoms with Crippen molar-refractivity contribution in [3.8, 4) is 23.0 Å². The topological polar surface area (TPSA) is 366 Å². The summed E-state index contributed by atoms with van der Waals surface area (Å²) >= 11 is 0. The van der Waals surface area contributed by atoms with Crippen molar-refractivity contribution in [2.45, 2.75) is 109 Å². The van der Waals surface area contributed by atoms with E-state index in [0.29, 0.717) is 5.56 Å². The third-order valence-electron chi connectivity index (χ3n) is 11.5. The lowest BCUT2D eigenvalue weighted by atomic mass is 9.76. The number of aliphatic hydroxyl groups excluding tert-OH is 11. The molecule has 4 fully saturated rings. The Balaban J connectivity index is 1.22. The number of hydrogen-bond acceptors (Lipinski definition) is 23. The Kier molecular flexibility index (Phi) is 14.7. The number of benzene rings is 2. The monoisotopic (exact) mass is 878 g/mol. The first-order chi connectivity index (χ1) is 28.9. The molecule has 0 unspecified atom stereocenters. The Bertz CT molecular complexity index is 1770. The van der Waals surface area contributed by atoms with Crippen molar-refractivity contribution in [3.63, 3.8) is 0 Å². The molecule has 14 N–H and O–H groups in total. The van der Waals surface area contributed by atoms with Gasteiger partial charge in [-0.2, -0.15) is 0 Å². The molecule has 4 aliphatic rings. The summed E-state index contributed by atoms with van der Waals surface area (Å²) in [7, 11) is 2.59. The zero-order valence-electron chi connectivity index (χ0n) is 32.9. The fourth-order valence-corrected chi connectivity index (χ4v) is 7.87. The van der Waals surface area contributed by atoms with E-state index in [1.165, 1.54) is 50.6 Å². The molecule has 0 aliphatic carbocycles. The van der Waals surface area contributed by atoms with Gasteiger partial charge in [-0.25, -0.2) is 0 Å². The van der Waals surface area contributed by atoms with Crippen molar-refractivity contribution < 1.29 is 114 Å². The summed E-state index contributed by atoms with van der Waals surface area (Å²) in [6, 6.07) is 8.37. The van der Waals surface area contributed by atoms with Crippen LogP contribution in [0, 0.1) is 0 Å². The second-order valence-corrected chi connectivity index (χ2v) is 15.4. The number of hydrogen-bond donors (Lipinski definition) is 14. The first-order valence-corrected chi connectivity index (χ1v) is 19.2. The van der Waals surface area contributed by atoms with E-state index in [1.807, 2.05) is 0 Å². The van der Waals surface area contributed by atoms with Gasteiger partial charge in [-0.05, 0) is 35.4 Å². The molecule has 4 heterocycles. The second kappa shape index (κ2) is 18.9. The average Bonchev–Trinajstić information content (AvgIpc) is 3.64. The fourth-order valence-electron chi connectivity index (χ4n) is 7.87. The minimum absolute atomic E-state index is 0.00955. The van der Waals surface area contributed by atoms with Crippen molar-refractivity contribution in [3.05, 3.63) is 47.5 Å². The number of rotatable bonds is 16. The minimum atomic E-state index is -2.50. The number of phenolic OH excluding ortho intramolecular Hbond substituents is 1. The molecule has 17 atom stereocenters. The van der Waals surface area contributed by atoms with Crippen molar-refractivity contribution in [2.75, 3.05) is 53.9 Å². The molecular weight excluding hydrogens is 824 g/mol. The van der Waals surface area contributed by atoms with Gasteiger partial charge in [0.25, 0.3) is 0 Å². The van der Waals surface area contributed by atoms with Crippen LogP contribution in [0.25, 0.3) is 0 Å². The molecule has 0 bridgehead atoms. The van der Waals surface area contributed by atoms with Gasteiger partial charge in [-0.3, -0.25) is 0 Å². The van der Waals surface area contributed by atoms with E-state index >= 15 is 0 Å². The van der Waals surface area contributed by atoms with Gasteiger partial charge in [0.2, 0.25) is 12.1 Å². The van der Waals surface area contributed by atoms with Gasteiger partial charge in [-0.1, -0.05) is 12.1 Å². The molecule has 344 valence electrons. The Morgan fingerprint density at radius 1 is 0.689 bits per heavy atom. The molecule has 0 amide bonds. The van der Waals surface area contributed by atoms with E-state index < -0.39 is 142 Å². The lowest BCUT2D eigenvalue weighted by Gasteiger charge is -2.43. The third-order valence-corrected chi connectivity index (χ3v) is 11.5. The van der Waals surface area contributed by atoms with Crippen LogP contribution in [0.1, 0.15) is 17.2 Å². The lowest BCUT2D eigenvalue weighted by molar-refractivity contribution is -0.384. The van der Waals surface area contributed by atoms with Crippen LogP contribution in [0.15, 0.2) is 36.4 Å². The Hall–Kier alpha value is -3.12. The van der Waals surface area contributed by atoms with Crippen molar-refractivity contribution in [2.24, 2.45) is 0 Å². The van der Waals surface area contributed by atoms with Gasteiger partial charge >= 0.3 is 0 Å². The summed E-state index contributed by atoms with van der Waals surface area (Å²) in [5.41, 5.74) is -3.99. The quantitative estimate of drug-likeness (QED) is 0.0746. The summed E-state index contributed by atoms with van der Waals surface area (Å²) < 4.78 is 50.4. The zero-order chi connectivity index (χ0) is 44.6. The summed E-state index contributed by atoms with van der Waals surface area (Å²) in [5.74, 6) is -2.69. The van der Waals surface area contributed by atoms with Crippen LogP contribution in [0.2, 0.25) is 0 Å². The van der Waals surface area contributed by atoms with Gasteiger partial charge in [0, 0.05) is 6.42 Å². The first kappa shape index (κ1) is 47.4. The molecule has 61 heavy (non-hydrogen) atoms. The van der Waals surface area contributed by atoms with Crippen LogP contribution in [-0.4, -0.2) is 222 Å². The van der Waals surface area contributed by atoms with E-state index in [2.05, 4.69) is 0 Å². The van der Waals surface area contributed by atoms with E-state index in [0.717, 1.165) is 0 Å². The second-order valence-electron chi connectivity index (χ2n) is 15.4. The summed E-state index contributed by atoms with van der Waals surface area (Å²) in [4.78, 5) is 0. The molecule has 2 aromatic rings. The van der Waals surface area contributed by atoms with Gasteiger partial charge in [-0.15, -0.1) is 0 Å². The molecule has 4 saturated heterocycles. The van der Waals surface area contributed by atoms with Crippen LogP contribution in [-0.2, 0) is 34.8 Å². The average molecular weight is 879 g/mol. The van der Waals surface area contributed by atoms with E-state index in [1.54, 1.807) is 0 Å². The summed E-state index contributed by atoms with van der Waals surface area (Å²) in [6.07, 6.45) is -23.9. The Labute approximate surface area is 347 Å². The standard InChI is InChI=1S/C38H54O23/c1-53-20-8-17(4-5-18(20)42)33-37(52,15-55-12-24-27(45)32(50)38(13-41,60-24)61-35-31(49)29(47)26(44)23(11-40)59-35)36(51,14-56-33)9-16-3-6-19(21(7-16)54-2)57-34-30(48)28(46)25(43)22(10-39)58-34/h3-8,22-35,39-52H,9-15H2,1-2H3/t22-,23-,24-,25-,26-,27-,28+,29+,30-,31-,32+,33-,34-,35-,36-,37+,38+/m1/s1. The van der Waals surface area contributed by atoms with Gasteiger partial charge in [0.05, 0.1) is 47.3 Å². The van der Waals surface area contributed by atoms with Gasteiger partial charge in [0.1, 0.15) is 91.1 Å². The molecule has 23 heteroatoms. The minimum Gasteiger partial charge on any atom is -0.504 e. The maximum absolute atomic E-state index is 12.5. The molecule has 0 radical (unpaired) electrons. The van der Waals surface area contributed by atoms with Crippen LogP contribution in [0.3, 0.4) is 0 Å². The van der Waals surface area contributed by atoms with E-state index in [9.17, 15) is 71.5 Å². The van der Waals surface area contributed by atoms with Crippen LogP contribution >= 0.6 is 0 Å². The number of aliphatic hydroxyl groups is 13. The third kappa shape index (κ3) is 8.88. The number of phenols is 1. The highest BCUT2D eigenvalue weighted by molar-refractivity contribution is 5.45. The van der Waals surface area contributed by atoms with Crippen LogP contribution in [0.5, 0.6) is 23.0 Å². The number of methoxy groups -OCH3 is 2. The molecule has 2 aromatic carbocycles. The Morgan fingerprint density at radius 2 is 1.31 bits per heavy atom. The first-order valence-electron chi connectivity index (χ1n) is 19.2. The van der Waals surface area contributed by atoms with Crippen LogP contribution < -0.4 is 14.2 Å². The summed E-state index contributed by atoms with van der Waals surface area (Å²) in [6.45, 7) is -4.54. The highest BCUT2D eigenvalue weighted by Gasteiger charge is 2.62. The van der Waals surface area contributed by atoms with Crippen molar-refractivity contribution in [1.82, 2.24) is 0 Å². The van der Waals surface area contributed by atoms with Crippen molar-refractivity contribution >= 4 is 0 Å². The highest BCUT2D eigenvalue weighted by atomic mass is 16.8. The van der Waals surface area contributed by atoms with Gasteiger partial charge < -0.3 is 114 Å². The SMILES string of the molecule is COc1cc([C@H]2OC[C@](O)(Cc3ccc(O[C@@H]4O[C@H](CO)[C@@H](O)[C@H](O)[C@H]4O)c(OC)c3)[C@]2(O)COC[C@H]2O[C@@](CO)(O[C@H]3O[C@H](CO)[C@@H](O)[C@H](O)[C@H]3O)[C@@H](O)[C@@H]2O)ccc1O. The predicted molar refractivity (Wildman–Crippen MR) is 197 cm³/mol. The molecule has 0 spiro atoms. The molecule has 23 nitrogen and oxygen atoms in total. The molecule has 4 aliphatic heterocycles. The van der Waals surface area contributed by atoms with Crippen molar-refractivity contribution in [1.29, 1.82) is 0 Å². The Morgan fingerprint density at radius 3 is 1.92 bits per heavy atom. The predicted octanol–water partition coefficient (Wildman–Crippen LogP) is -5.99. The lowest BCUT2D eigenvalue weighted by Crippen LogP contribution is -2.62. The molecule has 6 rings (SSSR count). The normalized spacial score (nSPS) is 41.5. The summed E-state index contributed by atoms with van der Waals surface area (Å²) in [5, 5.41) is 148. The number of aromatic hydroxyl groups is 1. The zero-order valence-corrected chi connectivity index (χ0v) is 32.9. The smallest absolute Gasteiger partial charge is 0.229 e.